The highest BCUT2D eigenvalue weighted by atomic mass is 32.2. The van der Waals surface area contributed by atoms with Gasteiger partial charge in [0.2, 0.25) is 0 Å². The molecule has 96 valence electrons. The topological polar surface area (TPSA) is 24.4 Å². The lowest BCUT2D eigenvalue weighted by molar-refractivity contribution is 0.530. The zero-order chi connectivity index (χ0) is 12.4. The molecule has 0 bridgehead atoms. The van der Waals surface area contributed by atoms with Crippen LogP contribution in [0.15, 0.2) is 29.3 Å². The van der Waals surface area contributed by atoms with Crippen LogP contribution in [0.2, 0.25) is 0 Å². The Labute approximate surface area is 113 Å². The summed E-state index contributed by atoms with van der Waals surface area (Å²) in [6.07, 6.45) is 4.95. The largest absolute Gasteiger partial charge is 0.358 e. The van der Waals surface area contributed by atoms with Crippen molar-refractivity contribution in [1.29, 1.82) is 0 Å². The Balaban J connectivity index is 1.71. The number of amidine groups is 1. The van der Waals surface area contributed by atoms with Crippen molar-refractivity contribution in [2.75, 3.05) is 6.54 Å². The van der Waals surface area contributed by atoms with Gasteiger partial charge in [0.25, 0.3) is 0 Å². The van der Waals surface area contributed by atoms with Gasteiger partial charge >= 0.3 is 0 Å². The molecule has 1 N–H and O–H groups in total. The maximum atomic E-state index is 4.62. The van der Waals surface area contributed by atoms with E-state index in [0.29, 0.717) is 11.3 Å². The third-order valence-electron chi connectivity index (χ3n) is 3.84. The number of aliphatic imine (C=N–C) groups is 1. The molecule has 2 unspecified atom stereocenters. The Morgan fingerprint density at radius 2 is 2.28 bits per heavy atom. The van der Waals surface area contributed by atoms with E-state index in [1.54, 1.807) is 0 Å². The number of nitrogens with zero attached hydrogens (tertiary/aromatic N) is 1. The first kappa shape index (κ1) is 12.1. The van der Waals surface area contributed by atoms with Gasteiger partial charge in [0.05, 0.1) is 12.6 Å². The molecule has 1 aromatic carbocycles. The highest BCUT2D eigenvalue weighted by molar-refractivity contribution is 8.14. The van der Waals surface area contributed by atoms with E-state index in [2.05, 4.69) is 41.5 Å². The van der Waals surface area contributed by atoms with Crippen LogP contribution in [0.25, 0.3) is 0 Å². The molecule has 2 nitrogen and oxygen atoms in total. The average Bonchev–Trinajstić information content (AvgIpc) is 2.87. The smallest absolute Gasteiger partial charge is 0.157 e. The van der Waals surface area contributed by atoms with Gasteiger partial charge in [-0.2, -0.15) is 0 Å². The quantitative estimate of drug-likeness (QED) is 0.879. The van der Waals surface area contributed by atoms with Gasteiger partial charge in [0, 0.05) is 5.25 Å². The standard InChI is InChI=1S/C15H20N2S/c1-2-12-10-16-15(18-12)17-14-9-5-7-11-6-3-4-8-13(11)14/h3-4,6,8,12,14H,2,5,7,9-10H2,1H3,(H,16,17). The molecular weight excluding hydrogens is 240 g/mol. The molecule has 1 aliphatic carbocycles. The molecule has 0 saturated carbocycles. The molecule has 18 heavy (non-hydrogen) atoms. The van der Waals surface area contributed by atoms with Crippen molar-refractivity contribution in [3.8, 4) is 0 Å². The SMILES string of the molecule is CCC1CN=C(NC2CCCc3ccccc32)S1. The van der Waals surface area contributed by atoms with Crippen molar-refractivity contribution in [2.45, 2.75) is 43.9 Å². The van der Waals surface area contributed by atoms with Gasteiger partial charge in [-0.1, -0.05) is 43.0 Å². The first-order chi connectivity index (χ1) is 8.86. The molecule has 2 aliphatic rings. The summed E-state index contributed by atoms with van der Waals surface area (Å²) in [5.74, 6) is 0. The van der Waals surface area contributed by atoms with E-state index in [0.717, 1.165) is 11.7 Å². The first-order valence-corrected chi connectivity index (χ1v) is 7.80. The van der Waals surface area contributed by atoms with Gasteiger partial charge in [-0.3, -0.25) is 4.99 Å². The molecule has 0 amide bonds. The average molecular weight is 260 g/mol. The third-order valence-corrected chi connectivity index (χ3v) is 5.13. The Hall–Kier alpha value is -0.960. The number of aryl methyl sites for hydroxylation is 1. The van der Waals surface area contributed by atoms with E-state index in [4.69, 9.17) is 0 Å². The first-order valence-electron chi connectivity index (χ1n) is 6.92. The predicted octanol–water partition coefficient (Wildman–Crippen LogP) is 3.54. The van der Waals surface area contributed by atoms with E-state index in [1.807, 2.05) is 11.8 Å². The normalized spacial score (nSPS) is 26.6. The number of hydrogen-bond donors (Lipinski definition) is 1. The molecule has 0 saturated heterocycles. The third kappa shape index (κ3) is 2.41. The van der Waals surface area contributed by atoms with Crippen LogP contribution in [-0.4, -0.2) is 17.0 Å². The van der Waals surface area contributed by atoms with Crippen LogP contribution in [-0.2, 0) is 6.42 Å². The van der Waals surface area contributed by atoms with Crippen molar-refractivity contribution in [2.24, 2.45) is 4.99 Å². The number of nitrogens with one attached hydrogen (secondary N) is 1. The predicted molar refractivity (Wildman–Crippen MR) is 79.2 cm³/mol. The summed E-state index contributed by atoms with van der Waals surface area (Å²) in [5.41, 5.74) is 2.99. The molecule has 1 aliphatic heterocycles. The highest BCUT2D eigenvalue weighted by Crippen LogP contribution is 2.31. The number of rotatable bonds is 2. The second kappa shape index (κ2) is 5.35. The maximum Gasteiger partial charge on any atom is 0.157 e. The van der Waals surface area contributed by atoms with Gasteiger partial charge in [0.1, 0.15) is 0 Å². The minimum absolute atomic E-state index is 0.469. The lowest BCUT2D eigenvalue weighted by Gasteiger charge is -2.27. The molecule has 0 fully saturated rings. The van der Waals surface area contributed by atoms with Gasteiger partial charge in [-0.15, -0.1) is 0 Å². The van der Waals surface area contributed by atoms with Gasteiger partial charge < -0.3 is 5.32 Å². The van der Waals surface area contributed by atoms with Crippen LogP contribution in [0.1, 0.15) is 43.4 Å². The van der Waals surface area contributed by atoms with E-state index < -0.39 is 0 Å². The summed E-state index contributed by atoms with van der Waals surface area (Å²) in [5, 5.41) is 5.49. The van der Waals surface area contributed by atoms with Crippen LogP contribution in [0.3, 0.4) is 0 Å². The Kier molecular flexibility index (Phi) is 3.59. The van der Waals surface area contributed by atoms with Crippen molar-refractivity contribution >= 4 is 16.9 Å². The van der Waals surface area contributed by atoms with E-state index >= 15 is 0 Å². The summed E-state index contributed by atoms with van der Waals surface area (Å²) in [7, 11) is 0. The van der Waals surface area contributed by atoms with Gasteiger partial charge in [-0.25, -0.2) is 0 Å². The fourth-order valence-electron chi connectivity index (χ4n) is 2.76. The molecule has 1 heterocycles. The fourth-order valence-corrected chi connectivity index (χ4v) is 3.75. The lowest BCUT2D eigenvalue weighted by atomic mass is 9.88. The van der Waals surface area contributed by atoms with Crippen molar-refractivity contribution in [3.63, 3.8) is 0 Å². The molecule has 0 aromatic heterocycles. The molecular formula is C15H20N2S. The van der Waals surface area contributed by atoms with Crippen LogP contribution >= 0.6 is 11.8 Å². The molecule has 0 spiro atoms. The zero-order valence-corrected chi connectivity index (χ0v) is 11.7. The Morgan fingerprint density at radius 1 is 1.39 bits per heavy atom. The van der Waals surface area contributed by atoms with Gasteiger partial charge in [0.15, 0.2) is 5.17 Å². The molecule has 2 atom stereocenters. The molecule has 1 aromatic rings. The van der Waals surface area contributed by atoms with E-state index in [-0.39, 0.29) is 0 Å². The molecule has 0 radical (unpaired) electrons. The van der Waals surface area contributed by atoms with Crippen LogP contribution < -0.4 is 5.32 Å². The lowest BCUT2D eigenvalue weighted by Crippen LogP contribution is -2.28. The Morgan fingerprint density at radius 3 is 3.11 bits per heavy atom. The number of thioether (sulfide) groups is 1. The molecule has 3 heteroatoms. The monoisotopic (exact) mass is 260 g/mol. The minimum Gasteiger partial charge on any atom is -0.358 e. The number of fused-ring (bicyclic) bond motifs is 1. The van der Waals surface area contributed by atoms with Crippen molar-refractivity contribution in [3.05, 3.63) is 35.4 Å². The number of hydrogen-bond acceptors (Lipinski definition) is 3. The fraction of sp³-hybridized carbons (Fsp3) is 0.533. The van der Waals surface area contributed by atoms with Crippen molar-refractivity contribution in [1.82, 2.24) is 5.32 Å². The summed E-state index contributed by atoms with van der Waals surface area (Å²) < 4.78 is 0. The minimum atomic E-state index is 0.469. The Bertz CT molecular complexity index is 456. The number of benzene rings is 1. The highest BCUT2D eigenvalue weighted by Gasteiger charge is 2.24. The maximum absolute atomic E-state index is 4.62. The van der Waals surface area contributed by atoms with Crippen molar-refractivity contribution < 1.29 is 0 Å². The second-order valence-electron chi connectivity index (χ2n) is 5.08. The molecule has 3 rings (SSSR count). The summed E-state index contributed by atoms with van der Waals surface area (Å²) in [6, 6.07) is 9.30. The zero-order valence-electron chi connectivity index (χ0n) is 10.9. The van der Waals surface area contributed by atoms with E-state index in [9.17, 15) is 0 Å². The summed E-state index contributed by atoms with van der Waals surface area (Å²) in [4.78, 5) is 4.62. The summed E-state index contributed by atoms with van der Waals surface area (Å²) >= 11 is 1.92. The van der Waals surface area contributed by atoms with E-state index in [1.165, 1.54) is 36.8 Å². The van der Waals surface area contributed by atoms with Crippen LogP contribution in [0, 0.1) is 0 Å². The van der Waals surface area contributed by atoms with Gasteiger partial charge in [-0.05, 0) is 36.8 Å². The summed E-state index contributed by atoms with van der Waals surface area (Å²) in [6.45, 7) is 3.23. The van der Waals surface area contributed by atoms with Crippen LogP contribution in [0.4, 0.5) is 0 Å². The van der Waals surface area contributed by atoms with Crippen LogP contribution in [0.5, 0.6) is 0 Å². The second-order valence-corrected chi connectivity index (χ2v) is 6.37.